The Morgan fingerprint density at radius 3 is 2.30 bits per heavy atom. The molecule has 2 saturated heterocycles. The summed E-state index contributed by atoms with van der Waals surface area (Å²) in [4.78, 5) is 16.8. The van der Waals surface area contributed by atoms with Gasteiger partial charge < -0.3 is 29.2 Å². The number of carbonyl (C=O) groups excluding carboxylic acids is 1. The number of methoxy groups -OCH3 is 3. The van der Waals surface area contributed by atoms with E-state index in [2.05, 4.69) is 10.2 Å². The summed E-state index contributed by atoms with van der Waals surface area (Å²) in [6.45, 7) is 4.96. The summed E-state index contributed by atoms with van der Waals surface area (Å²) in [5, 5.41) is 2.93. The van der Waals surface area contributed by atoms with Gasteiger partial charge in [0.2, 0.25) is 5.75 Å². The van der Waals surface area contributed by atoms with Crippen LogP contribution in [0.3, 0.4) is 0 Å². The number of nitrogens with zero attached hydrogens (tertiary/aromatic N) is 2. The van der Waals surface area contributed by atoms with Crippen LogP contribution in [0.25, 0.3) is 0 Å². The Morgan fingerprint density at radius 1 is 1.11 bits per heavy atom. The van der Waals surface area contributed by atoms with Crippen molar-refractivity contribution in [2.45, 2.75) is 18.9 Å². The average molecular weight is 379 g/mol. The predicted octanol–water partition coefficient (Wildman–Crippen LogP) is 2.04. The van der Waals surface area contributed by atoms with Crippen molar-refractivity contribution in [3.63, 3.8) is 0 Å². The Balaban J connectivity index is 1.56. The van der Waals surface area contributed by atoms with Crippen molar-refractivity contribution in [1.29, 1.82) is 0 Å². The van der Waals surface area contributed by atoms with E-state index in [1.165, 1.54) is 0 Å². The first-order valence-corrected chi connectivity index (χ1v) is 9.34. The molecule has 27 heavy (non-hydrogen) atoms. The second-order valence-electron chi connectivity index (χ2n) is 6.77. The van der Waals surface area contributed by atoms with Crippen LogP contribution in [0, 0.1) is 0 Å². The van der Waals surface area contributed by atoms with E-state index >= 15 is 0 Å². The number of urea groups is 1. The van der Waals surface area contributed by atoms with E-state index in [9.17, 15) is 4.79 Å². The molecule has 2 fully saturated rings. The fraction of sp³-hybridized carbons (Fsp3) is 0.632. The molecule has 0 aromatic heterocycles. The summed E-state index contributed by atoms with van der Waals surface area (Å²) in [6, 6.07) is 3.33. The maximum absolute atomic E-state index is 12.6. The molecule has 0 aliphatic carbocycles. The fourth-order valence-electron chi connectivity index (χ4n) is 3.57. The van der Waals surface area contributed by atoms with Gasteiger partial charge in [0, 0.05) is 51.5 Å². The Labute approximate surface area is 160 Å². The summed E-state index contributed by atoms with van der Waals surface area (Å²) >= 11 is 0. The summed E-state index contributed by atoms with van der Waals surface area (Å²) < 4.78 is 21.7. The molecule has 1 aromatic rings. The zero-order valence-electron chi connectivity index (χ0n) is 16.3. The van der Waals surface area contributed by atoms with Crippen molar-refractivity contribution >= 4 is 11.7 Å². The van der Waals surface area contributed by atoms with Crippen molar-refractivity contribution < 1.29 is 23.7 Å². The highest BCUT2D eigenvalue weighted by Gasteiger charge is 2.25. The first kappa shape index (κ1) is 19.6. The molecule has 2 aliphatic rings. The van der Waals surface area contributed by atoms with Crippen LogP contribution < -0.4 is 19.5 Å². The monoisotopic (exact) mass is 379 g/mol. The van der Waals surface area contributed by atoms with Crippen LogP contribution in [0.4, 0.5) is 10.5 Å². The molecule has 8 heteroatoms. The summed E-state index contributed by atoms with van der Waals surface area (Å²) in [5.74, 6) is 1.52. The summed E-state index contributed by atoms with van der Waals surface area (Å²) in [7, 11) is 4.65. The number of anilines is 1. The lowest BCUT2D eigenvalue weighted by Gasteiger charge is -2.35. The minimum atomic E-state index is -0.124. The standard InChI is InChI=1S/C19H29N3O5/c1-24-16-11-14(12-17(25-2)18(16)26-3)20-19(23)22-8-6-21(7-9-22)13-15-5-4-10-27-15/h11-12,15H,4-10,13H2,1-3H3,(H,20,23). The van der Waals surface area contributed by atoms with Gasteiger partial charge in [-0.2, -0.15) is 0 Å². The predicted molar refractivity (Wildman–Crippen MR) is 102 cm³/mol. The Kier molecular flexibility index (Phi) is 6.63. The zero-order valence-corrected chi connectivity index (χ0v) is 16.3. The normalized spacial score (nSPS) is 20.4. The van der Waals surface area contributed by atoms with Crippen LogP contribution in [-0.4, -0.2) is 82.6 Å². The first-order chi connectivity index (χ1) is 13.1. The van der Waals surface area contributed by atoms with E-state index in [1.807, 2.05) is 4.90 Å². The third kappa shape index (κ3) is 4.75. The minimum Gasteiger partial charge on any atom is -0.493 e. The van der Waals surface area contributed by atoms with Gasteiger partial charge in [0.15, 0.2) is 11.5 Å². The molecule has 2 aliphatic heterocycles. The van der Waals surface area contributed by atoms with Crippen molar-refractivity contribution in [2.24, 2.45) is 0 Å². The van der Waals surface area contributed by atoms with E-state index in [4.69, 9.17) is 18.9 Å². The highest BCUT2D eigenvalue weighted by atomic mass is 16.5. The second kappa shape index (κ2) is 9.14. The molecule has 1 aromatic carbocycles. The van der Waals surface area contributed by atoms with Crippen LogP contribution >= 0.6 is 0 Å². The molecule has 8 nitrogen and oxygen atoms in total. The molecule has 1 unspecified atom stereocenters. The van der Waals surface area contributed by atoms with Crippen molar-refractivity contribution in [3.8, 4) is 17.2 Å². The van der Waals surface area contributed by atoms with Gasteiger partial charge in [0.05, 0.1) is 33.1 Å². The molecular formula is C19H29N3O5. The topological polar surface area (TPSA) is 72.5 Å². The van der Waals surface area contributed by atoms with Gasteiger partial charge in [-0.25, -0.2) is 4.79 Å². The average Bonchev–Trinajstić information content (AvgIpc) is 3.20. The molecule has 1 N–H and O–H groups in total. The fourth-order valence-corrected chi connectivity index (χ4v) is 3.57. The smallest absolute Gasteiger partial charge is 0.321 e. The quantitative estimate of drug-likeness (QED) is 0.816. The van der Waals surface area contributed by atoms with Gasteiger partial charge in [0.25, 0.3) is 0 Å². The van der Waals surface area contributed by atoms with E-state index in [-0.39, 0.29) is 6.03 Å². The summed E-state index contributed by atoms with van der Waals surface area (Å²) in [6.07, 6.45) is 2.65. The molecular weight excluding hydrogens is 350 g/mol. The first-order valence-electron chi connectivity index (χ1n) is 9.34. The highest BCUT2D eigenvalue weighted by Crippen LogP contribution is 2.40. The lowest BCUT2D eigenvalue weighted by atomic mass is 10.2. The molecule has 3 rings (SSSR count). The molecule has 2 amide bonds. The third-order valence-corrected chi connectivity index (χ3v) is 5.06. The maximum Gasteiger partial charge on any atom is 0.321 e. The van der Waals surface area contributed by atoms with Crippen molar-refractivity contribution in [2.75, 3.05) is 66.0 Å². The maximum atomic E-state index is 12.6. The number of rotatable bonds is 6. The SMILES string of the molecule is COc1cc(NC(=O)N2CCN(CC3CCCO3)CC2)cc(OC)c1OC. The minimum absolute atomic E-state index is 0.124. The van der Waals surface area contributed by atoms with Gasteiger partial charge in [-0.3, -0.25) is 4.90 Å². The number of nitrogens with one attached hydrogen (secondary N) is 1. The Bertz CT molecular complexity index is 615. The number of benzene rings is 1. The lowest BCUT2D eigenvalue weighted by molar-refractivity contribution is 0.0572. The van der Waals surface area contributed by atoms with Gasteiger partial charge >= 0.3 is 6.03 Å². The largest absolute Gasteiger partial charge is 0.493 e. The third-order valence-electron chi connectivity index (χ3n) is 5.06. The van der Waals surface area contributed by atoms with E-state index < -0.39 is 0 Å². The number of hydrogen-bond acceptors (Lipinski definition) is 6. The van der Waals surface area contributed by atoms with Gasteiger partial charge in [0.1, 0.15) is 0 Å². The Morgan fingerprint density at radius 2 is 1.78 bits per heavy atom. The number of carbonyl (C=O) groups is 1. The molecule has 1 atom stereocenters. The molecule has 150 valence electrons. The number of hydrogen-bond donors (Lipinski definition) is 1. The van der Waals surface area contributed by atoms with Crippen molar-refractivity contribution in [3.05, 3.63) is 12.1 Å². The van der Waals surface area contributed by atoms with Crippen LogP contribution in [0.5, 0.6) is 17.2 Å². The van der Waals surface area contributed by atoms with Crippen LogP contribution in [0.2, 0.25) is 0 Å². The zero-order chi connectivity index (χ0) is 19.2. The Hall–Kier alpha value is -2.19. The second-order valence-corrected chi connectivity index (χ2v) is 6.77. The molecule has 2 heterocycles. The van der Waals surface area contributed by atoms with Gasteiger partial charge in [-0.15, -0.1) is 0 Å². The number of ether oxygens (including phenoxy) is 4. The van der Waals surface area contributed by atoms with Crippen molar-refractivity contribution in [1.82, 2.24) is 9.80 Å². The molecule has 0 radical (unpaired) electrons. The van der Waals surface area contributed by atoms with E-state index in [0.717, 1.165) is 39.1 Å². The number of piperazine rings is 1. The van der Waals surface area contributed by atoms with Gasteiger partial charge in [-0.1, -0.05) is 0 Å². The lowest BCUT2D eigenvalue weighted by Crippen LogP contribution is -2.51. The molecule has 0 bridgehead atoms. The summed E-state index contributed by atoms with van der Waals surface area (Å²) in [5.41, 5.74) is 0.608. The van der Waals surface area contributed by atoms with Crippen LogP contribution in [0.1, 0.15) is 12.8 Å². The molecule has 0 saturated carbocycles. The van der Waals surface area contributed by atoms with E-state index in [1.54, 1.807) is 33.5 Å². The van der Waals surface area contributed by atoms with E-state index in [0.29, 0.717) is 42.1 Å². The number of amides is 2. The van der Waals surface area contributed by atoms with Crippen LogP contribution in [0.15, 0.2) is 12.1 Å². The van der Waals surface area contributed by atoms with Crippen LogP contribution in [-0.2, 0) is 4.74 Å². The van der Waals surface area contributed by atoms with Gasteiger partial charge in [-0.05, 0) is 12.8 Å². The molecule has 0 spiro atoms. The highest BCUT2D eigenvalue weighted by molar-refractivity contribution is 5.90.